The van der Waals surface area contributed by atoms with E-state index in [2.05, 4.69) is 232 Å². The van der Waals surface area contributed by atoms with Gasteiger partial charge >= 0.3 is 0 Å². The molecule has 0 aliphatic carbocycles. The fourth-order valence-corrected chi connectivity index (χ4v) is 10.8. The molecule has 3 heterocycles. The van der Waals surface area contributed by atoms with Gasteiger partial charge in [0.2, 0.25) is 0 Å². The second-order valence-corrected chi connectivity index (χ2v) is 23.0. The summed E-state index contributed by atoms with van der Waals surface area (Å²) in [5.41, 5.74) is 16.0. The van der Waals surface area contributed by atoms with E-state index >= 15 is 0 Å². The Bertz CT molecular complexity index is 3020. The first kappa shape index (κ1) is 41.2. The van der Waals surface area contributed by atoms with Crippen LogP contribution in [0.3, 0.4) is 0 Å². The van der Waals surface area contributed by atoms with Gasteiger partial charge in [-0.3, -0.25) is 0 Å². The highest BCUT2D eigenvalue weighted by molar-refractivity contribution is 7.26. The van der Waals surface area contributed by atoms with E-state index in [1.807, 2.05) is 11.3 Å². The quantitative estimate of drug-likeness (QED) is 0.164. The molecule has 3 nitrogen and oxygen atoms in total. The Labute approximate surface area is 379 Å². The predicted molar refractivity (Wildman–Crippen MR) is 275 cm³/mol. The van der Waals surface area contributed by atoms with E-state index in [-0.39, 0.29) is 28.4 Å². The molecule has 0 atom stereocenters. The Morgan fingerprint density at radius 2 is 1.00 bits per heavy atom. The zero-order chi connectivity index (χ0) is 44.4. The third-order valence-corrected chi connectivity index (χ3v) is 14.6. The molecule has 0 N–H and O–H groups in total. The summed E-state index contributed by atoms with van der Waals surface area (Å²) >= 11 is 1.89. The molecule has 0 fully saturated rings. The van der Waals surface area contributed by atoms with Gasteiger partial charge < -0.3 is 14.5 Å². The second-order valence-electron chi connectivity index (χ2n) is 22.0. The lowest BCUT2D eigenvalue weighted by molar-refractivity contribution is 0.486. The summed E-state index contributed by atoms with van der Waals surface area (Å²) in [6, 6.07) is 53.0. The summed E-state index contributed by atoms with van der Waals surface area (Å²) in [5, 5.41) is 2.52. The second kappa shape index (κ2) is 14.4. The maximum atomic E-state index is 6.94. The van der Waals surface area contributed by atoms with Crippen LogP contribution >= 0.6 is 11.3 Å². The molecule has 0 saturated heterocycles. The number of thiophene rings is 1. The maximum Gasteiger partial charge on any atom is 0.256 e. The average molecular weight is 843 g/mol. The molecule has 10 rings (SSSR count). The maximum absolute atomic E-state index is 6.94. The first-order valence-electron chi connectivity index (χ1n) is 22.6. The molecule has 316 valence electrons. The molecule has 0 radical (unpaired) electrons. The van der Waals surface area contributed by atoms with Gasteiger partial charge in [-0.25, -0.2) is 0 Å². The third kappa shape index (κ3) is 7.04. The van der Waals surface area contributed by atoms with Crippen LogP contribution in [0.1, 0.15) is 105 Å². The van der Waals surface area contributed by atoms with Crippen LogP contribution in [0, 0.1) is 0 Å². The van der Waals surface area contributed by atoms with E-state index in [1.54, 1.807) is 0 Å². The molecule has 0 bridgehead atoms. The normalized spacial score (nSPS) is 13.8. The Hall–Kier alpha value is -5.78. The number of hydrogen-bond donors (Lipinski definition) is 0. The van der Waals surface area contributed by atoms with Crippen molar-refractivity contribution in [3.63, 3.8) is 0 Å². The Morgan fingerprint density at radius 3 is 1.60 bits per heavy atom. The van der Waals surface area contributed by atoms with Crippen molar-refractivity contribution in [2.75, 3.05) is 9.80 Å². The molecule has 0 unspecified atom stereocenters. The summed E-state index contributed by atoms with van der Waals surface area (Å²) < 4.78 is 9.48. The molecule has 0 amide bonds. The summed E-state index contributed by atoms with van der Waals surface area (Å²) in [4.78, 5) is 5.02. The number of ether oxygens (including phenoxy) is 1. The average Bonchev–Trinajstić information content (AvgIpc) is 3.61. The Kier molecular flexibility index (Phi) is 9.41. The van der Waals surface area contributed by atoms with Crippen molar-refractivity contribution < 1.29 is 4.74 Å². The SMILES string of the molecule is CC(C)(C)c1ccc(N(c2ccc(C(C)(C)C)cc2)c2cc(N3c4ccc(C(C)(C)C)cc4B4c5cc(C(C)(C)C)ccc5Oc5cccc3c54)c3sc4ccccc4c3c2)cc1. The van der Waals surface area contributed by atoms with Crippen molar-refractivity contribution in [2.24, 2.45) is 0 Å². The molecule has 2 aliphatic rings. The van der Waals surface area contributed by atoms with E-state index in [0.717, 1.165) is 39.9 Å². The van der Waals surface area contributed by atoms with Crippen molar-refractivity contribution in [3.8, 4) is 11.5 Å². The van der Waals surface area contributed by atoms with Crippen LogP contribution in [0.4, 0.5) is 34.1 Å². The van der Waals surface area contributed by atoms with Crippen LogP contribution in [-0.2, 0) is 21.7 Å². The molecule has 1 aromatic heterocycles. The van der Waals surface area contributed by atoms with Crippen molar-refractivity contribution in [3.05, 3.63) is 162 Å². The fourth-order valence-electron chi connectivity index (χ4n) is 9.64. The third-order valence-electron chi connectivity index (χ3n) is 13.4. The van der Waals surface area contributed by atoms with E-state index in [0.29, 0.717) is 0 Å². The highest BCUT2D eigenvalue weighted by atomic mass is 32.1. The first-order chi connectivity index (χ1) is 29.8. The van der Waals surface area contributed by atoms with Crippen LogP contribution in [0.5, 0.6) is 11.5 Å². The Balaban J connectivity index is 1.27. The summed E-state index contributed by atoms with van der Waals surface area (Å²) in [6.45, 7) is 27.6. The standard InChI is InChI=1S/C58H59BN2OS/c1-55(2,3)36-20-26-40(27-21-36)60(41-28-22-37(23-29-41)56(4,5)6)42-34-44-43-16-13-14-19-52(43)63-54(44)49(35-42)61-47-30-24-38(57(7,8)9)32-45(47)59-46-33-39(58(10,11)12)25-31-50(46)62-51-18-15-17-48(61)53(51)59/h13-35H,1-12H3. The first-order valence-corrected chi connectivity index (χ1v) is 23.4. The van der Waals surface area contributed by atoms with Gasteiger partial charge in [-0.05, 0) is 127 Å². The number of rotatable bonds is 4. The summed E-state index contributed by atoms with van der Waals surface area (Å²) in [6.07, 6.45) is 0. The zero-order valence-corrected chi connectivity index (χ0v) is 39.9. The number of fused-ring (bicyclic) bond motifs is 7. The highest BCUT2D eigenvalue weighted by Gasteiger charge is 2.43. The van der Waals surface area contributed by atoms with Crippen molar-refractivity contribution in [2.45, 2.75) is 105 Å². The van der Waals surface area contributed by atoms with Crippen LogP contribution < -0.4 is 30.9 Å². The lowest BCUT2D eigenvalue weighted by Crippen LogP contribution is -2.59. The van der Waals surface area contributed by atoms with E-state index in [9.17, 15) is 0 Å². The largest absolute Gasteiger partial charge is 0.458 e. The number of hydrogen-bond acceptors (Lipinski definition) is 4. The van der Waals surface area contributed by atoms with Gasteiger partial charge in [0, 0.05) is 43.9 Å². The minimum atomic E-state index is -0.0366. The van der Waals surface area contributed by atoms with Gasteiger partial charge in [-0.1, -0.05) is 156 Å². The Morgan fingerprint density at radius 1 is 0.444 bits per heavy atom. The molecular formula is C58H59BN2OS. The number of anilines is 6. The highest BCUT2D eigenvalue weighted by Crippen LogP contribution is 2.51. The molecule has 5 heteroatoms. The number of benzene rings is 7. The lowest BCUT2D eigenvalue weighted by Gasteiger charge is -2.41. The zero-order valence-electron chi connectivity index (χ0n) is 39.1. The summed E-state index contributed by atoms with van der Waals surface area (Å²) in [5.74, 6) is 1.87. The van der Waals surface area contributed by atoms with Gasteiger partial charge in [0.15, 0.2) is 0 Å². The molecule has 8 aromatic rings. The van der Waals surface area contributed by atoms with Crippen LogP contribution in [0.15, 0.2) is 140 Å². The summed E-state index contributed by atoms with van der Waals surface area (Å²) in [7, 11) is 0. The van der Waals surface area contributed by atoms with Crippen LogP contribution in [-0.4, -0.2) is 6.71 Å². The lowest BCUT2D eigenvalue weighted by atomic mass is 9.34. The molecule has 0 saturated carbocycles. The minimum Gasteiger partial charge on any atom is -0.458 e. The molecule has 0 spiro atoms. The van der Waals surface area contributed by atoms with E-state index in [4.69, 9.17) is 4.74 Å². The van der Waals surface area contributed by atoms with Gasteiger partial charge in [-0.2, -0.15) is 0 Å². The van der Waals surface area contributed by atoms with Gasteiger partial charge in [0.05, 0.1) is 10.4 Å². The molecule has 7 aromatic carbocycles. The fraction of sp³-hybridized carbons (Fsp3) is 0.276. The smallest absolute Gasteiger partial charge is 0.256 e. The van der Waals surface area contributed by atoms with Gasteiger partial charge in [0.25, 0.3) is 6.71 Å². The molecular weight excluding hydrogens is 784 g/mol. The van der Waals surface area contributed by atoms with Crippen LogP contribution in [0.2, 0.25) is 0 Å². The van der Waals surface area contributed by atoms with E-state index < -0.39 is 0 Å². The molecule has 2 aliphatic heterocycles. The van der Waals surface area contributed by atoms with Crippen molar-refractivity contribution in [1.82, 2.24) is 0 Å². The van der Waals surface area contributed by atoms with Gasteiger partial charge in [0.1, 0.15) is 11.5 Å². The predicted octanol–water partition coefficient (Wildman–Crippen LogP) is 15.1. The molecule has 63 heavy (non-hydrogen) atoms. The van der Waals surface area contributed by atoms with Gasteiger partial charge in [-0.15, -0.1) is 11.3 Å². The number of nitrogens with zero attached hydrogens (tertiary/aromatic N) is 2. The van der Waals surface area contributed by atoms with E-state index in [1.165, 1.54) is 64.5 Å². The minimum absolute atomic E-state index is 0.00908. The topological polar surface area (TPSA) is 15.7 Å². The monoisotopic (exact) mass is 842 g/mol. The van der Waals surface area contributed by atoms with Crippen molar-refractivity contribution >= 4 is 88.7 Å². The van der Waals surface area contributed by atoms with Crippen LogP contribution in [0.25, 0.3) is 20.2 Å². The van der Waals surface area contributed by atoms with Crippen molar-refractivity contribution in [1.29, 1.82) is 0 Å².